The van der Waals surface area contributed by atoms with Crippen LogP contribution >= 0.6 is 23.2 Å². The average molecular weight is 430 g/mol. The summed E-state index contributed by atoms with van der Waals surface area (Å²) in [5.74, 6) is 0.882. The van der Waals surface area contributed by atoms with E-state index in [0.717, 1.165) is 32.4 Å². The van der Waals surface area contributed by atoms with E-state index in [1.165, 1.54) is 0 Å². The van der Waals surface area contributed by atoms with Gasteiger partial charge in [0.15, 0.2) is 5.82 Å². The Balaban J connectivity index is 0.000000422. The Hall–Kier alpha value is -1.67. The Morgan fingerprint density at radius 3 is 2.39 bits per heavy atom. The summed E-state index contributed by atoms with van der Waals surface area (Å²) in [6.45, 7) is 6.78. The van der Waals surface area contributed by atoms with Crippen molar-refractivity contribution in [3.63, 3.8) is 0 Å². The second kappa shape index (κ2) is 13.5. The van der Waals surface area contributed by atoms with Crippen molar-refractivity contribution in [3.05, 3.63) is 28.2 Å². The number of anilines is 2. The Morgan fingerprint density at radius 1 is 1.18 bits per heavy atom. The molecular weight excluding hydrogens is 401 g/mol. The van der Waals surface area contributed by atoms with E-state index in [2.05, 4.69) is 24.8 Å². The lowest BCUT2D eigenvalue weighted by molar-refractivity contribution is 0.166. The number of halogens is 2. The number of hydrogen-bond donors (Lipinski definition) is 2. The molecule has 2 heterocycles. The Bertz CT molecular complexity index is 709. The molecule has 1 aliphatic rings. The number of aromatic nitrogens is 3. The molecule has 9 heteroatoms. The standard InChI is InChI=1S/C13H13Cl2N5.C4H10O2.C2H6/c14-9-5-3-4-8(10(9)15)11-12(16)17-13(19-18-11)20-6-1-2-7-20;1-6-4-2-3-5;1-2/h3-5H,1-2,6-7H2,(H2,16,17,19);5H,2-4H2,1H3;1-2H3. The molecule has 1 aromatic heterocycles. The largest absolute Gasteiger partial charge is 0.396 e. The van der Waals surface area contributed by atoms with E-state index in [-0.39, 0.29) is 6.61 Å². The molecule has 28 heavy (non-hydrogen) atoms. The van der Waals surface area contributed by atoms with Crippen LogP contribution in [0.5, 0.6) is 0 Å². The number of methoxy groups -OCH3 is 1. The van der Waals surface area contributed by atoms with E-state index in [0.29, 0.717) is 39.7 Å². The minimum atomic E-state index is 0.230. The molecule has 7 nitrogen and oxygen atoms in total. The van der Waals surface area contributed by atoms with E-state index in [1.54, 1.807) is 25.3 Å². The quantitative estimate of drug-likeness (QED) is 0.690. The monoisotopic (exact) mass is 429 g/mol. The van der Waals surface area contributed by atoms with Crippen LogP contribution in [-0.2, 0) is 4.74 Å². The van der Waals surface area contributed by atoms with Crippen molar-refractivity contribution in [2.24, 2.45) is 0 Å². The molecule has 3 rings (SSSR count). The molecule has 1 aromatic carbocycles. The van der Waals surface area contributed by atoms with E-state index < -0.39 is 0 Å². The topological polar surface area (TPSA) is 97.4 Å². The zero-order valence-corrected chi connectivity index (χ0v) is 18.2. The van der Waals surface area contributed by atoms with E-state index in [1.807, 2.05) is 13.8 Å². The number of nitrogens with zero attached hydrogens (tertiary/aromatic N) is 4. The van der Waals surface area contributed by atoms with Crippen LogP contribution in [0.3, 0.4) is 0 Å². The van der Waals surface area contributed by atoms with Crippen molar-refractivity contribution in [3.8, 4) is 11.3 Å². The first-order valence-corrected chi connectivity index (χ1v) is 10.1. The number of hydrogen-bond acceptors (Lipinski definition) is 7. The van der Waals surface area contributed by atoms with Crippen molar-refractivity contribution < 1.29 is 9.84 Å². The molecule has 1 fully saturated rings. The average Bonchev–Trinajstić information content (AvgIpc) is 3.26. The molecule has 2 aromatic rings. The number of aliphatic hydroxyl groups is 1. The molecule has 1 aliphatic heterocycles. The maximum absolute atomic E-state index is 8.12. The van der Waals surface area contributed by atoms with Gasteiger partial charge in [-0.15, -0.1) is 10.2 Å². The fourth-order valence-corrected chi connectivity index (χ4v) is 2.86. The minimum Gasteiger partial charge on any atom is -0.396 e. The Kier molecular flexibility index (Phi) is 11.7. The third-order valence-electron chi connectivity index (χ3n) is 3.80. The molecule has 0 saturated carbocycles. The SMILES string of the molecule is CC.COCCCO.Nc1nc(N2CCCC2)nnc1-c1cccc(Cl)c1Cl. The highest BCUT2D eigenvalue weighted by Crippen LogP contribution is 2.34. The Labute approximate surface area is 176 Å². The van der Waals surface area contributed by atoms with Crippen LogP contribution < -0.4 is 10.6 Å². The summed E-state index contributed by atoms with van der Waals surface area (Å²) in [4.78, 5) is 6.41. The predicted octanol–water partition coefficient (Wildman–Crippen LogP) is 4.07. The maximum atomic E-state index is 8.12. The van der Waals surface area contributed by atoms with Crippen LogP contribution in [0.4, 0.5) is 11.8 Å². The van der Waals surface area contributed by atoms with Crippen molar-refractivity contribution >= 4 is 35.0 Å². The lowest BCUT2D eigenvalue weighted by Crippen LogP contribution is -2.21. The highest BCUT2D eigenvalue weighted by molar-refractivity contribution is 6.43. The third kappa shape index (κ3) is 7.05. The molecule has 0 amide bonds. The first kappa shape index (κ1) is 24.4. The highest BCUT2D eigenvalue weighted by atomic mass is 35.5. The number of benzene rings is 1. The first-order valence-electron chi connectivity index (χ1n) is 9.37. The zero-order chi connectivity index (χ0) is 20.9. The predicted molar refractivity (Wildman–Crippen MR) is 116 cm³/mol. The van der Waals surface area contributed by atoms with Gasteiger partial charge >= 0.3 is 0 Å². The lowest BCUT2D eigenvalue weighted by atomic mass is 10.1. The maximum Gasteiger partial charge on any atom is 0.247 e. The van der Waals surface area contributed by atoms with Gasteiger partial charge in [-0.1, -0.05) is 49.2 Å². The van der Waals surface area contributed by atoms with E-state index >= 15 is 0 Å². The van der Waals surface area contributed by atoms with Crippen molar-refractivity contribution in [1.82, 2.24) is 15.2 Å². The molecule has 1 saturated heterocycles. The normalized spacial score (nSPS) is 12.7. The van der Waals surface area contributed by atoms with Crippen molar-refractivity contribution in [2.45, 2.75) is 33.1 Å². The van der Waals surface area contributed by atoms with Gasteiger partial charge < -0.3 is 20.5 Å². The summed E-state index contributed by atoms with van der Waals surface area (Å²) in [6, 6.07) is 5.30. The van der Waals surface area contributed by atoms with Gasteiger partial charge in [0.1, 0.15) is 5.69 Å². The first-order chi connectivity index (χ1) is 13.6. The fraction of sp³-hybridized carbons (Fsp3) is 0.526. The third-order valence-corrected chi connectivity index (χ3v) is 4.62. The summed E-state index contributed by atoms with van der Waals surface area (Å²) in [5, 5.41) is 17.3. The number of ether oxygens (including phenoxy) is 1. The summed E-state index contributed by atoms with van der Waals surface area (Å²) in [7, 11) is 1.62. The molecule has 0 bridgehead atoms. The summed E-state index contributed by atoms with van der Waals surface area (Å²) in [5.41, 5.74) is 7.10. The van der Waals surface area contributed by atoms with Gasteiger partial charge in [0.25, 0.3) is 0 Å². The second-order valence-electron chi connectivity index (χ2n) is 5.71. The van der Waals surface area contributed by atoms with Crippen LogP contribution in [0.2, 0.25) is 10.0 Å². The van der Waals surface area contributed by atoms with E-state index in [4.69, 9.17) is 34.0 Å². The molecule has 0 aliphatic carbocycles. The molecular formula is C19H29Cl2N5O2. The van der Waals surface area contributed by atoms with Gasteiger partial charge in [0, 0.05) is 39.0 Å². The molecule has 0 spiro atoms. The number of nitrogens with two attached hydrogens (primary N) is 1. The molecule has 0 radical (unpaired) electrons. The second-order valence-corrected chi connectivity index (χ2v) is 6.50. The van der Waals surface area contributed by atoms with Crippen LogP contribution in [0.15, 0.2) is 18.2 Å². The van der Waals surface area contributed by atoms with Gasteiger partial charge in [-0.3, -0.25) is 0 Å². The number of rotatable bonds is 5. The van der Waals surface area contributed by atoms with Gasteiger partial charge in [-0.25, -0.2) is 0 Å². The van der Waals surface area contributed by atoms with Crippen molar-refractivity contribution in [2.75, 3.05) is 44.0 Å². The fourth-order valence-electron chi connectivity index (χ4n) is 2.47. The van der Waals surface area contributed by atoms with Gasteiger partial charge in [0.05, 0.1) is 10.0 Å². The Morgan fingerprint density at radius 2 is 1.86 bits per heavy atom. The van der Waals surface area contributed by atoms with Crippen LogP contribution in [0.1, 0.15) is 33.1 Å². The van der Waals surface area contributed by atoms with E-state index in [9.17, 15) is 0 Å². The van der Waals surface area contributed by atoms with Crippen molar-refractivity contribution in [1.29, 1.82) is 0 Å². The van der Waals surface area contributed by atoms with Crippen LogP contribution in [-0.4, -0.2) is 53.7 Å². The molecule has 3 N–H and O–H groups in total. The smallest absolute Gasteiger partial charge is 0.247 e. The highest BCUT2D eigenvalue weighted by Gasteiger charge is 2.18. The summed E-state index contributed by atoms with van der Waals surface area (Å²) >= 11 is 12.2. The number of aliphatic hydroxyl groups excluding tert-OH is 1. The summed E-state index contributed by atoms with van der Waals surface area (Å²) < 4.78 is 4.62. The number of nitrogen functional groups attached to an aromatic ring is 1. The molecule has 0 unspecified atom stereocenters. The zero-order valence-electron chi connectivity index (χ0n) is 16.7. The van der Waals surface area contributed by atoms with Crippen LogP contribution in [0.25, 0.3) is 11.3 Å². The minimum absolute atomic E-state index is 0.230. The summed E-state index contributed by atoms with van der Waals surface area (Å²) in [6.07, 6.45) is 3.03. The van der Waals surface area contributed by atoms with Crippen LogP contribution in [0, 0.1) is 0 Å². The lowest BCUT2D eigenvalue weighted by Gasteiger charge is -2.15. The van der Waals surface area contributed by atoms with Gasteiger partial charge in [0.2, 0.25) is 5.95 Å². The molecule has 156 valence electrons. The van der Waals surface area contributed by atoms with Gasteiger partial charge in [-0.2, -0.15) is 4.98 Å². The molecule has 0 atom stereocenters. The van der Waals surface area contributed by atoms with Gasteiger partial charge in [-0.05, 0) is 25.3 Å².